The minimum atomic E-state index is 0.803. The van der Waals surface area contributed by atoms with Crippen LogP contribution in [-0.4, -0.2) is 0 Å². The van der Waals surface area contributed by atoms with Gasteiger partial charge in [-0.1, -0.05) is 42.0 Å². The lowest BCUT2D eigenvalue weighted by Gasteiger charge is -1.99. The third kappa shape index (κ3) is 1.67. The van der Waals surface area contributed by atoms with Crippen LogP contribution in [0.4, 0.5) is 0 Å². The van der Waals surface area contributed by atoms with Crippen molar-refractivity contribution >= 4 is 0 Å². The molecule has 1 fully saturated rings. The van der Waals surface area contributed by atoms with Crippen LogP contribution in [0.1, 0.15) is 31.7 Å². The van der Waals surface area contributed by atoms with Crippen LogP contribution in [0.3, 0.4) is 0 Å². The fraction of sp³-hybridized carbons (Fsp3) is 0.385. The van der Waals surface area contributed by atoms with Gasteiger partial charge in [-0.3, -0.25) is 0 Å². The van der Waals surface area contributed by atoms with Crippen LogP contribution >= 0.6 is 0 Å². The molecule has 1 saturated carbocycles. The Labute approximate surface area is 80.3 Å². The molecule has 0 heteroatoms. The van der Waals surface area contributed by atoms with E-state index in [1.165, 1.54) is 12.0 Å². The first-order valence-corrected chi connectivity index (χ1v) is 5.00. The zero-order valence-corrected chi connectivity index (χ0v) is 8.33. The van der Waals surface area contributed by atoms with Gasteiger partial charge in [0.2, 0.25) is 0 Å². The molecule has 2 atom stereocenters. The van der Waals surface area contributed by atoms with E-state index >= 15 is 0 Å². The molecule has 2 unspecified atom stereocenters. The first-order valence-electron chi connectivity index (χ1n) is 5.00. The Balaban J connectivity index is 2.09. The van der Waals surface area contributed by atoms with Crippen molar-refractivity contribution in [2.45, 2.75) is 26.2 Å². The van der Waals surface area contributed by atoms with E-state index in [0.717, 1.165) is 11.8 Å². The summed E-state index contributed by atoms with van der Waals surface area (Å²) in [7, 11) is 0. The monoisotopic (exact) mass is 172 g/mol. The Morgan fingerprint density at radius 2 is 2.00 bits per heavy atom. The molecule has 1 aliphatic rings. The highest BCUT2D eigenvalue weighted by atomic mass is 14.4. The molecule has 0 bridgehead atoms. The van der Waals surface area contributed by atoms with E-state index in [1.807, 2.05) is 0 Å². The lowest BCUT2D eigenvalue weighted by atomic mass is 10.1. The van der Waals surface area contributed by atoms with Gasteiger partial charge in [0.1, 0.15) is 0 Å². The first kappa shape index (κ1) is 8.55. The molecule has 0 amide bonds. The molecule has 1 aliphatic carbocycles. The molecular formula is C13H16. The van der Waals surface area contributed by atoms with Crippen LogP contribution in [-0.2, 0) is 0 Å². The average Bonchev–Trinajstić information content (AvgIpc) is 2.98. The molecule has 68 valence electrons. The zero-order chi connectivity index (χ0) is 9.26. The molecule has 1 aromatic carbocycles. The summed E-state index contributed by atoms with van der Waals surface area (Å²) in [6.45, 7) is 4.38. The Hall–Kier alpha value is -1.04. The normalized spacial score (nSPS) is 27.4. The predicted molar refractivity (Wildman–Crippen MR) is 56.7 cm³/mol. The van der Waals surface area contributed by atoms with Crippen LogP contribution in [0, 0.1) is 5.92 Å². The largest absolute Gasteiger partial charge is 0.0884 e. The van der Waals surface area contributed by atoms with Crippen LogP contribution in [0.2, 0.25) is 0 Å². The van der Waals surface area contributed by atoms with Gasteiger partial charge in [-0.15, -0.1) is 0 Å². The quantitative estimate of drug-likeness (QED) is 0.596. The standard InChI is InChI=1S/C13H16/c1-3-10(2)12-9-13(12)11-7-5-4-6-8-11/h3-8,12-13H,9H2,1-2H3/b10-3+. The molecule has 0 nitrogen and oxygen atoms in total. The summed E-state index contributed by atoms with van der Waals surface area (Å²) in [6, 6.07) is 10.8. The number of hydrogen-bond acceptors (Lipinski definition) is 0. The summed E-state index contributed by atoms with van der Waals surface area (Å²) in [5.74, 6) is 1.63. The number of hydrogen-bond donors (Lipinski definition) is 0. The van der Waals surface area contributed by atoms with E-state index in [0.29, 0.717) is 0 Å². The minimum Gasteiger partial charge on any atom is -0.0884 e. The van der Waals surface area contributed by atoms with Crippen molar-refractivity contribution < 1.29 is 0 Å². The summed E-state index contributed by atoms with van der Waals surface area (Å²) in [6.07, 6.45) is 3.59. The maximum atomic E-state index is 2.24. The molecule has 2 rings (SSSR count). The Morgan fingerprint density at radius 3 is 2.62 bits per heavy atom. The van der Waals surface area contributed by atoms with Gasteiger partial charge in [-0.25, -0.2) is 0 Å². The fourth-order valence-corrected chi connectivity index (χ4v) is 1.98. The minimum absolute atomic E-state index is 0.803. The molecule has 0 spiro atoms. The molecule has 0 heterocycles. The maximum absolute atomic E-state index is 2.24. The van der Waals surface area contributed by atoms with E-state index < -0.39 is 0 Å². The molecule has 1 aromatic rings. The van der Waals surface area contributed by atoms with Crippen molar-refractivity contribution in [2.75, 3.05) is 0 Å². The summed E-state index contributed by atoms with van der Waals surface area (Å²) in [5, 5.41) is 0. The van der Waals surface area contributed by atoms with Crippen LogP contribution in [0.15, 0.2) is 42.0 Å². The molecule has 0 radical (unpaired) electrons. The highest BCUT2D eigenvalue weighted by molar-refractivity contribution is 5.30. The molecule has 0 saturated heterocycles. The van der Waals surface area contributed by atoms with Gasteiger partial charge < -0.3 is 0 Å². The van der Waals surface area contributed by atoms with Crippen LogP contribution in [0.25, 0.3) is 0 Å². The van der Waals surface area contributed by atoms with Gasteiger partial charge >= 0.3 is 0 Å². The van der Waals surface area contributed by atoms with E-state index in [9.17, 15) is 0 Å². The Morgan fingerprint density at radius 1 is 1.31 bits per heavy atom. The molecule has 0 N–H and O–H groups in total. The van der Waals surface area contributed by atoms with Crippen molar-refractivity contribution in [1.29, 1.82) is 0 Å². The number of allylic oxidation sites excluding steroid dienone is 2. The number of rotatable bonds is 2. The zero-order valence-electron chi connectivity index (χ0n) is 8.33. The average molecular weight is 172 g/mol. The third-order valence-corrected chi connectivity index (χ3v) is 3.06. The van der Waals surface area contributed by atoms with E-state index in [4.69, 9.17) is 0 Å². The lowest BCUT2D eigenvalue weighted by molar-refractivity contribution is 0.935. The number of benzene rings is 1. The highest BCUT2D eigenvalue weighted by Gasteiger charge is 2.38. The van der Waals surface area contributed by atoms with Crippen molar-refractivity contribution in [2.24, 2.45) is 5.92 Å². The lowest BCUT2D eigenvalue weighted by Crippen LogP contribution is -1.84. The van der Waals surface area contributed by atoms with Gasteiger partial charge in [-0.05, 0) is 37.7 Å². The van der Waals surface area contributed by atoms with E-state index in [1.54, 1.807) is 5.57 Å². The van der Waals surface area contributed by atoms with Gasteiger partial charge in [-0.2, -0.15) is 0 Å². The maximum Gasteiger partial charge on any atom is -0.00903 e. The van der Waals surface area contributed by atoms with Gasteiger partial charge in [0.15, 0.2) is 0 Å². The van der Waals surface area contributed by atoms with Crippen molar-refractivity contribution in [3.8, 4) is 0 Å². The SMILES string of the molecule is C/C=C(\C)C1CC1c1ccccc1. The predicted octanol–water partition coefficient (Wildman–Crippen LogP) is 3.76. The Kier molecular flexibility index (Phi) is 2.22. The topological polar surface area (TPSA) is 0 Å². The van der Waals surface area contributed by atoms with Gasteiger partial charge in [0.25, 0.3) is 0 Å². The van der Waals surface area contributed by atoms with Gasteiger partial charge in [0.05, 0.1) is 0 Å². The molecular weight excluding hydrogens is 156 g/mol. The summed E-state index contributed by atoms with van der Waals surface area (Å²) < 4.78 is 0. The van der Waals surface area contributed by atoms with E-state index in [2.05, 4.69) is 50.3 Å². The summed E-state index contributed by atoms with van der Waals surface area (Å²) in [5.41, 5.74) is 3.06. The second kappa shape index (κ2) is 3.37. The highest BCUT2D eigenvalue weighted by Crippen LogP contribution is 2.51. The fourth-order valence-electron chi connectivity index (χ4n) is 1.98. The summed E-state index contributed by atoms with van der Waals surface area (Å²) in [4.78, 5) is 0. The van der Waals surface area contributed by atoms with Crippen LogP contribution < -0.4 is 0 Å². The smallest absolute Gasteiger partial charge is 0.00903 e. The summed E-state index contributed by atoms with van der Waals surface area (Å²) >= 11 is 0. The van der Waals surface area contributed by atoms with Crippen LogP contribution in [0.5, 0.6) is 0 Å². The van der Waals surface area contributed by atoms with Crippen molar-refractivity contribution in [1.82, 2.24) is 0 Å². The second-order valence-electron chi connectivity index (χ2n) is 3.89. The van der Waals surface area contributed by atoms with Crippen molar-refractivity contribution in [3.63, 3.8) is 0 Å². The molecule has 13 heavy (non-hydrogen) atoms. The molecule has 0 aliphatic heterocycles. The Bertz CT molecular complexity index is 308. The van der Waals surface area contributed by atoms with Crippen molar-refractivity contribution in [3.05, 3.63) is 47.5 Å². The third-order valence-electron chi connectivity index (χ3n) is 3.06. The second-order valence-corrected chi connectivity index (χ2v) is 3.89. The molecule has 0 aromatic heterocycles. The first-order chi connectivity index (χ1) is 6.33. The van der Waals surface area contributed by atoms with Gasteiger partial charge in [0, 0.05) is 0 Å². The van der Waals surface area contributed by atoms with E-state index in [-0.39, 0.29) is 0 Å².